The van der Waals surface area contributed by atoms with Crippen LogP contribution in [-0.4, -0.2) is 18.4 Å². The van der Waals surface area contributed by atoms with Crippen LogP contribution in [0.4, 0.5) is 0 Å². The fourth-order valence-corrected chi connectivity index (χ4v) is 1.68. The van der Waals surface area contributed by atoms with Gasteiger partial charge in [-0.25, -0.2) is 0 Å². The lowest BCUT2D eigenvalue weighted by atomic mass is 10.3. The van der Waals surface area contributed by atoms with Gasteiger partial charge in [0.1, 0.15) is 23.1 Å². The van der Waals surface area contributed by atoms with E-state index in [1.165, 1.54) is 0 Å². The average molecular weight is 277 g/mol. The second kappa shape index (κ2) is 5.93. The largest absolute Gasteiger partial charge is 0.495 e. The summed E-state index contributed by atoms with van der Waals surface area (Å²) in [5, 5.41) is 0.190. The highest BCUT2D eigenvalue weighted by atomic mass is 79.9. The summed E-state index contributed by atoms with van der Waals surface area (Å²) in [6.45, 7) is 0. The molecule has 3 nitrogen and oxygen atoms in total. The van der Waals surface area contributed by atoms with Crippen molar-refractivity contribution >= 4 is 33.9 Å². The van der Waals surface area contributed by atoms with E-state index >= 15 is 0 Å². The number of carbonyl (C=O) groups is 1. The zero-order valence-corrected chi connectivity index (χ0v) is 9.93. The van der Waals surface area contributed by atoms with E-state index in [-0.39, 0.29) is 11.3 Å². The molecule has 0 bridgehead atoms. The Balaban J connectivity index is 2.61. The Labute approximate surface area is 95.1 Å². The lowest BCUT2D eigenvalue weighted by Crippen LogP contribution is -1.99. The number of ether oxygens (including phenoxy) is 1. The number of hydrogen-bond acceptors (Lipinski definition) is 4. The number of para-hydroxylation sites is 1. The lowest BCUT2D eigenvalue weighted by Gasteiger charge is -2.05. The van der Waals surface area contributed by atoms with Crippen molar-refractivity contribution in [1.82, 2.24) is 0 Å². The van der Waals surface area contributed by atoms with Crippen LogP contribution in [0.1, 0.15) is 0 Å². The molecule has 0 aliphatic rings. The molecule has 0 spiro atoms. The summed E-state index contributed by atoms with van der Waals surface area (Å²) in [6.07, 6.45) is 0. The zero-order valence-electron chi connectivity index (χ0n) is 7.53. The second-order valence-corrected chi connectivity index (χ2v) is 3.66. The molecule has 76 valence electrons. The molecular weight excluding hydrogens is 268 g/mol. The number of benzene rings is 1. The van der Waals surface area contributed by atoms with Crippen LogP contribution in [0.15, 0.2) is 29.2 Å². The number of rotatable bonds is 4. The van der Waals surface area contributed by atoms with Gasteiger partial charge in [-0.15, -0.1) is 0 Å². The minimum absolute atomic E-state index is 0.190. The third kappa shape index (κ3) is 3.23. The van der Waals surface area contributed by atoms with Crippen molar-refractivity contribution in [3.8, 4) is 5.75 Å². The van der Waals surface area contributed by atoms with E-state index < -0.39 is 0 Å². The molecule has 14 heavy (non-hydrogen) atoms. The van der Waals surface area contributed by atoms with Gasteiger partial charge < -0.3 is 8.92 Å². The summed E-state index contributed by atoms with van der Waals surface area (Å²) in [5.41, 5.74) is 0. The van der Waals surface area contributed by atoms with Crippen LogP contribution < -0.4 is 4.74 Å². The molecule has 1 rings (SSSR count). The van der Waals surface area contributed by atoms with E-state index in [9.17, 15) is 4.79 Å². The highest BCUT2D eigenvalue weighted by molar-refractivity contribution is 9.09. The molecule has 0 fully saturated rings. The molecule has 5 heteroatoms. The molecule has 0 aliphatic carbocycles. The fraction of sp³-hybridized carbons (Fsp3) is 0.222. The van der Waals surface area contributed by atoms with Crippen LogP contribution in [0.3, 0.4) is 0 Å². The highest BCUT2D eigenvalue weighted by Gasteiger charge is 2.06. The molecule has 1 aromatic rings. The standard InChI is InChI=1S/C9H9BrO3S/c1-12-7-4-2-3-5-8(7)14-13-9(11)6-10/h2-5H,6H2,1H3. The summed E-state index contributed by atoms with van der Waals surface area (Å²) in [5.74, 6) is 0.376. The Kier molecular flexibility index (Phi) is 4.82. The van der Waals surface area contributed by atoms with Crippen molar-refractivity contribution in [3.05, 3.63) is 24.3 Å². The smallest absolute Gasteiger partial charge is 0.328 e. The Bertz CT molecular complexity index is 317. The van der Waals surface area contributed by atoms with Gasteiger partial charge >= 0.3 is 5.97 Å². The van der Waals surface area contributed by atoms with Crippen molar-refractivity contribution in [2.75, 3.05) is 12.4 Å². The van der Waals surface area contributed by atoms with Crippen molar-refractivity contribution < 1.29 is 13.7 Å². The van der Waals surface area contributed by atoms with Crippen LogP contribution in [0, 0.1) is 0 Å². The minimum atomic E-state index is -0.319. The van der Waals surface area contributed by atoms with E-state index in [4.69, 9.17) is 8.92 Å². The summed E-state index contributed by atoms with van der Waals surface area (Å²) < 4.78 is 9.96. The van der Waals surface area contributed by atoms with Gasteiger partial charge in [-0.3, -0.25) is 4.79 Å². The van der Waals surface area contributed by atoms with E-state index in [2.05, 4.69) is 15.9 Å². The molecule has 1 aromatic carbocycles. The summed E-state index contributed by atoms with van der Waals surface area (Å²) in [4.78, 5) is 11.6. The first-order chi connectivity index (χ1) is 6.77. The minimum Gasteiger partial charge on any atom is -0.495 e. The lowest BCUT2D eigenvalue weighted by molar-refractivity contribution is -0.129. The molecule has 0 aliphatic heterocycles. The van der Waals surface area contributed by atoms with Crippen molar-refractivity contribution in [2.45, 2.75) is 4.90 Å². The van der Waals surface area contributed by atoms with Gasteiger partial charge in [0.05, 0.1) is 12.0 Å². The van der Waals surface area contributed by atoms with Gasteiger partial charge in [0.2, 0.25) is 0 Å². The first-order valence-electron chi connectivity index (χ1n) is 3.84. The van der Waals surface area contributed by atoms with Crippen molar-refractivity contribution in [1.29, 1.82) is 0 Å². The van der Waals surface area contributed by atoms with Crippen LogP contribution in [0.25, 0.3) is 0 Å². The van der Waals surface area contributed by atoms with E-state index in [1.807, 2.05) is 24.3 Å². The number of halogens is 1. The van der Waals surface area contributed by atoms with Crippen molar-refractivity contribution in [2.24, 2.45) is 0 Å². The fourth-order valence-electron chi connectivity index (χ4n) is 0.801. The molecule has 0 atom stereocenters. The first-order valence-corrected chi connectivity index (χ1v) is 5.70. The number of alkyl halides is 1. The van der Waals surface area contributed by atoms with E-state index in [0.717, 1.165) is 16.9 Å². The van der Waals surface area contributed by atoms with Crippen LogP contribution >= 0.6 is 28.0 Å². The number of hydrogen-bond donors (Lipinski definition) is 0. The summed E-state index contributed by atoms with van der Waals surface area (Å²) in [6, 6.07) is 7.34. The third-order valence-corrected chi connectivity index (χ3v) is 2.65. The summed E-state index contributed by atoms with van der Waals surface area (Å²) in [7, 11) is 1.58. The predicted octanol–water partition coefficient (Wildman–Crippen LogP) is 2.64. The molecule has 0 saturated carbocycles. The SMILES string of the molecule is COc1ccccc1SOC(=O)CBr. The predicted molar refractivity (Wildman–Crippen MR) is 58.7 cm³/mol. The molecule has 0 amide bonds. The second-order valence-electron chi connectivity index (χ2n) is 2.32. The molecule has 0 aromatic heterocycles. The highest BCUT2D eigenvalue weighted by Crippen LogP contribution is 2.29. The van der Waals surface area contributed by atoms with E-state index in [1.54, 1.807) is 7.11 Å². The van der Waals surface area contributed by atoms with Crippen LogP contribution in [-0.2, 0) is 8.98 Å². The van der Waals surface area contributed by atoms with Crippen molar-refractivity contribution in [3.63, 3.8) is 0 Å². The monoisotopic (exact) mass is 276 g/mol. The third-order valence-electron chi connectivity index (χ3n) is 1.40. The maximum Gasteiger partial charge on any atom is 0.328 e. The Morgan fingerprint density at radius 3 is 2.86 bits per heavy atom. The Hall–Kier alpha value is -0.680. The van der Waals surface area contributed by atoms with Gasteiger partial charge in [0.25, 0.3) is 0 Å². The van der Waals surface area contributed by atoms with Gasteiger partial charge in [-0.05, 0) is 12.1 Å². The average Bonchev–Trinajstić information content (AvgIpc) is 2.26. The molecule has 0 N–H and O–H groups in total. The van der Waals surface area contributed by atoms with E-state index in [0.29, 0.717) is 5.75 Å². The molecular formula is C9H9BrO3S. The first kappa shape index (κ1) is 11.4. The van der Waals surface area contributed by atoms with Crippen LogP contribution in [0.5, 0.6) is 5.75 Å². The number of methoxy groups -OCH3 is 1. The molecule has 0 saturated heterocycles. The van der Waals surface area contributed by atoms with Gasteiger partial charge in [-0.1, -0.05) is 28.1 Å². The Morgan fingerprint density at radius 2 is 2.21 bits per heavy atom. The van der Waals surface area contributed by atoms with Gasteiger partial charge in [0.15, 0.2) is 0 Å². The normalized spacial score (nSPS) is 9.57. The molecule has 0 radical (unpaired) electrons. The summed E-state index contributed by atoms with van der Waals surface area (Å²) >= 11 is 4.00. The zero-order chi connectivity index (χ0) is 10.4. The molecule has 0 unspecified atom stereocenters. The quantitative estimate of drug-likeness (QED) is 0.626. The maximum atomic E-state index is 10.9. The topological polar surface area (TPSA) is 35.5 Å². The van der Waals surface area contributed by atoms with Gasteiger partial charge in [0, 0.05) is 0 Å². The maximum absolute atomic E-state index is 10.9. The Morgan fingerprint density at radius 1 is 1.50 bits per heavy atom. The van der Waals surface area contributed by atoms with Gasteiger partial charge in [-0.2, -0.15) is 0 Å². The molecule has 0 heterocycles. The number of carbonyl (C=O) groups excluding carboxylic acids is 1. The van der Waals surface area contributed by atoms with Crippen LogP contribution in [0.2, 0.25) is 0 Å².